The Morgan fingerprint density at radius 3 is 1.88 bits per heavy atom. The summed E-state index contributed by atoms with van der Waals surface area (Å²) in [5.74, 6) is -1.18. The van der Waals surface area contributed by atoms with Crippen LogP contribution in [0.25, 0.3) is 0 Å². The van der Waals surface area contributed by atoms with E-state index in [1.807, 2.05) is 0 Å². The summed E-state index contributed by atoms with van der Waals surface area (Å²) in [5, 5.41) is 18.9. The maximum absolute atomic E-state index is 11.2. The number of carboxylic acid groups (broad SMARTS) is 1. The van der Waals surface area contributed by atoms with E-state index in [9.17, 15) is 15.0 Å². The van der Waals surface area contributed by atoms with Crippen LogP contribution >= 0.6 is 0 Å². The fourth-order valence-corrected chi connectivity index (χ4v) is 3.39. The van der Waals surface area contributed by atoms with E-state index in [1.54, 1.807) is 12.1 Å². The topological polar surface area (TPSA) is 57.5 Å². The van der Waals surface area contributed by atoms with Crippen molar-refractivity contribution in [2.45, 2.75) is 64.2 Å². The maximum atomic E-state index is 11.2. The largest absolute Gasteiger partial charge is 0.507 e. The number of benzene rings is 2. The summed E-state index contributed by atoms with van der Waals surface area (Å²) in [6, 6.07) is 15.6. The molecule has 0 fully saturated rings. The zero-order valence-corrected chi connectivity index (χ0v) is 15.5. The molecule has 0 unspecified atom stereocenters. The Morgan fingerprint density at radius 2 is 1.27 bits per heavy atom. The first-order valence-corrected chi connectivity index (χ1v) is 9.76. The summed E-state index contributed by atoms with van der Waals surface area (Å²) in [6.45, 7) is 0. The zero-order valence-electron chi connectivity index (χ0n) is 15.5. The summed E-state index contributed by atoms with van der Waals surface area (Å²) in [7, 11) is 0. The number of aromatic hydroxyl groups is 1. The quantitative estimate of drug-likeness (QED) is 0.460. The number of aromatic carboxylic acids is 1. The van der Waals surface area contributed by atoms with E-state index in [4.69, 9.17) is 0 Å². The number of carboxylic acids is 1. The van der Waals surface area contributed by atoms with Crippen molar-refractivity contribution in [2.75, 3.05) is 0 Å². The molecule has 0 aliphatic carbocycles. The number of phenols is 1. The number of carbonyl (C=O) groups is 1. The van der Waals surface area contributed by atoms with Gasteiger partial charge >= 0.3 is 5.97 Å². The van der Waals surface area contributed by atoms with Crippen LogP contribution in [-0.2, 0) is 12.8 Å². The van der Waals surface area contributed by atoms with Gasteiger partial charge in [-0.15, -0.1) is 0 Å². The van der Waals surface area contributed by atoms with Crippen molar-refractivity contribution < 1.29 is 15.0 Å². The van der Waals surface area contributed by atoms with Gasteiger partial charge in [-0.2, -0.15) is 0 Å². The van der Waals surface area contributed by atoms with Crippen molar-refractivity contribution in [3.8, 4) is 5.75 Å². The molecule has 26 heavy (non-hydrogen) atoms. The molecule has 0 atom stereocenters. The minimum Gasteiger partial charge on any atom is -0.507 e. The summed E-state index contributed by atoms with van der Waals surface area (Å²) < 4.78 is 0. The van der Waals surface area contributed by atoms with Crippen LogP contribution in [-0.4, -0.2) is 16.2 Å². The highest BCUT2D eigenvalue weighted by atomic mass is 16.4. The SMILES string of the molecule is O=C(O)c1c(O)cccc1CCCCCCCCCCc1ccccc1. The molecule has 0 saturated heterocycles. The van der Waals surface area contributed by atoms with Crippen molar-refractivity contribution in [2.24, 2.45) is 0 Å². The van der Waals surface area contributed by atoms with Gasteiger partial charge in [0.1, 0.15) is 11.3 Å². The number of rotatable bonds is 12. The standard InChI is InChI=1S/C23H30O3/c24-21-18-12-17-20(22(21)23(25)26)16-11-6-4-2-1-3-5-8-13-19-14-9-7-10-15-19/h7,9-10,12,14-15,17-18,24H,1-6,8,11,13,16H2,(H,25,26). The molecule has 2 rings (SSSR count). The smallest absolute Gasteiger partial charge is 0.339 e. The molecule has 0 aromatic heterocycles. The van der Waals surface area contributed by atoms with Gasteiger partial charge in [0.15, 0.2) is 0 Å². The highest BCUT2D eigenvalue weighted by Crippen LogP contribution is 2.23. The Balaban J connectivity index is 1.51. The van der Waals surface area contributed by atoms with E-state index < -0.39 is 5.97 Å². The molecule has 3 heteroatoms. The highest BCUT2D eigenvalue weighted by Gasteiger charge is 2.14. The Labute approximate surface area is 156 Å². The third-order valence-electron chi connectivity index (χ3n) is 4.85. The van der Waals surface area contributed by atoms with Gasteiger partial charge in [-0.05, 0) is 42.9 Å². The molecule has 140 valence electrons. The van der Waals surface area contributed by atoms with Crippen LogP contribution in [0, 0.1) is 0 Å². The van der Waals surface area contributed by atoms with Crippen LogP contribution in [0.2, 0.25) is 0 Å². The minimum absolute atomic E-state index is 0.0610. The summed E-state index contributed by atoms with van der Waals surface area (Å²) in [4.78, 5) is 11.2. The first kappa shape index (κ1) is 20.0. The second kappa shape index (κ2) is 11.3. The van der Waals surface area contributed by atoms with Crippen LogP contribution in [0.5, 0.6) is 5.75 Å². The number of aryl methyl sites for hydroxylation is 2. The molecular formula is C23H30O3. The average molecular weight is 354 g/mol. The Hall–Kier alpha value is -2.29. The zero-order chi connectivity index (χ0) is 18.6. The first-order valence-electron chi connectivity index (χ1n) is 9.76. The number of hydrogen-bond donors (Lipinski definition) is 2. The Kier molecular flexibility index (Phi) is 8.74. The van der Waals surface area contributed by atoms with Crippen LogP contribution in [0.4, 0.5) is 0 Å². The molecular weight excluding hydrogens is 324 g/mol. The number of unbranched alkanes of at least 4 members (excludes halogenated alkanes) is 7. The second-order valence-electron chi connectivity index (χ2n) is 6.93. The lowest BCUT2D eigenvalue weighted by molar-refractivity contribution is 0.0692. The first-order chi connectivity index (χ1) is 12.7. The Bertz CT molecular complexity index is 664. The molecule has 0 spiro atoms. The molecule has 0 amide bonds. The van der Waals surface area contributed by atoms with Gasteiger partial charge in [0.05, 0.1) is 0 Å². The molecule has 0 radical (unpaired) electrons. The predicted octanol–water partition coefficient (Wildman–Crippen LogP) is 6.00. The minimum atomic E-state index is -1.05. The molecule has 2 aromatic carbocycles. The summed E-state index contributed by atoms with van der Waals surface area (Å²) in [6.07, 6.45) is 11.5. The van der Waals surface area contributed by atoms with E-state index in [0.717, 1.165) is 18.4 Å². The molecule has 0 aliphatic rings. The van der Waals surface area contributed by atoms with Crippen molar-refractivity contribution in [1.29, 1.82) is 0 Å². The van der Waals surface area contributed by atoms with E-state index >= 15 is 0 Å². The van der Waals surface area contributed by atoms with E-state index in [2.05, 4.69) is 30.3 Å². The average Bonchev–Trinajstić information content (AvgIpc) is 2.64. The Morgan fingerprint density at radius 1 is 0.692 bits per heavy atom. The molecule has 0 saturated carbocycles. The van der Waals surface area contributed by atoms with Gasteiger partial charge in [-0.25, -0.2) is 4.79 Å². The molecule has 0 heterocycles. The van der Waals surface area contributed by atoms with Crippen molar-refractivity contribution >= 4 is 5.97 Å². The van der Waals surface area contributed by atoms with Crippen molar-refractivity contribution in [1.82, 2.24) is 0 Å². The molecule has 0 bridgehead atoms. The summed E-state index contributed by atoms with van der Waals surface area (Å²) in [5.41, 5.74) is 2.23. The lowest BCUT2D eigenvalue weighted by atomic mass is 9.99. The van der Waals surface area contributed by atoms with Gasteiger partial charge in [0.2, 0.25) is 0 Å². The molecule has 2 N–H and O–H groups in total. The van der Waals surface area contributed by atoms with Gasteiger partial charge in [-0.1, -0.05) is 81.0 Å². The van der Waals surface area contributed by atoms with E-state index in [0.29, 0.717) is 6.42 Å². The number of hydrogen-bond acceptors (Lipinski definition) is 2. The van der Waals surface area contributed by atoms with Gasteiger partial charge in [0.25, 0.3) is 0 Å². The molecule has 2 aromatic rings. The van der Waals surface area contributed by atoms with Crippen LogP contribution in [0.1, 0.15) is 72.9 Å². The predicted molar refractivity (Wildman–Crippen MR) is 106 cm³/mol. The van der Waals surface area contributed by atoms with Crippen molar-refractivity contribution in [3.63, 3.8) is 0 Å². The van der Waals surface area contributed by atoms with Crippen LogP contribution < -0.4 is 0 Å². The van der Waals surface area contributed by atoms with Crippen LogP contribution in [0.3, 0.4) is 0 Å². The van der Waals surface area contributed by atoms with E-state index in [1.165, 1.54) is 56.6 Å². The third-order valence-corrected chi connectivity index (χ3v) is 4.85. The highest BCUT2D eigenvalue weighted by molar-refractivity contribution is 5.92. The van der Waals surface area contributed by atoms with E-state index in [-0.39, 0.29) is 11.3 Å². The van der Waals surface area contributed by atoms with Crippen LogP contribution in [0.15, 0.2) is 48.5 Å². The van der Waals surface area contributed by atoms with Crippen molar-refractivity contribution in [3.05, 3.63) is 65.2 Å². The fraction of sp³-hybridized carbons (Fsp3) is 0.435. The van der Waals surface area contributed by atoms with Gasteiger partial charge in [-0.3, -0.25) is 0 Å². The van der Waals surface area contributed by atoms with Gasteiger partial charge < -0.3 is 10.2 Å². The third kappa shape index (κ3) is 6.91. The second-order valence-corrected chi connectivity index (χ2v) is 6.93. The molecule has 3 nitrogen and oxygen atoms in total. The molecule has 0 aliphatic heterocycles. The fourth-order valence-electron chi connectivity index (χ4n) is 3.39. The normalized spacial score (nSPS) is 10.8. The monoisotopic (exact) mass is 354 g/mol. The lowest BCUT2D eigenvalue weighted by Crippen LogP contribution is -2.03. The van der Waals surface area contributed by atoms with Gasteiger partial charge in [0, 0.05) is 0 Å². The summed E-state index contributed by atoms with van der Waals surface area (Å²) >= 11 is 0. The lowest BCUT2D eigenvalue weighted by Gasteiger charge is -2.08. The maximum Gasteiger partial charge on any atom is 0.339 e.